The Bertz CT molecular complexity index is 35.0. The third kappa shape index (κ3) is 601. The number of aliphatic carboxylic acids is 1. The van der Waals surface area contributed by atoms with Crippen LogP contribution in [0.5, 0.6) is 0 Å². The van der Waals surface area contributed by atoms with Gasteiger partial charge in [-0.25, -0.2) is 0 Å². The average Bonchev–Trinajstić information content (AvgIpc) is 0.811. The molecule has 0 aromatic carbocycles. The number of carbonyl (C=O) groups excluding carboxylic acids is 1. The zero-order valence-corrected chi connectivity index (χ0v) is 5.26. The van der Waals surface area contributed by atoms with Gasteiger partial charge < -0.3 is 20.9 Å². The Hall–Kier alpha value is 0.585. The van der Waals surface area contributed by atoms with Crippen molar-refractivity contribution < 1.29 is 58.6 Å². The van der Waals surface area contributed by atoms with E-state index in [0.29, 0.717) is 0 Å². The Labute approximate surface area is 71.6 Å². The summed E-state index contributed by atoms with van der Waals surface area (Å²) in [6, 6.07) is 0. The predicted octanol–water partition coefficient (Wildman–Crippen LogP) is -8.24. The Morgan fingerprint density at radius 1 is 1.38 bits per heavy atom. The van der Waals surface area contributed by atoms with E-state index < -0.39 is 5.97 Å². The normalized spacial score (nSPS) is 3.12. The molecule has 0 rings (SSSR count). The van der Waals surface area contributed by atoms with E-state index in [-0.39, 0.29) is 48.7 Å². The second-order valence-corrected chi connectivity index (χ2v) is 0.492. The summed E-state index contributed by atoms with van der Waals surface area (Å²) in [4.78, 5) is 8.89. The molecule has 0 aromatic rings. The van der Waals surface area contributed by atoms with Gasteiger partial charge in [-0.3, -0.25) is 0 Å². The molecule has 0 aliphatic heterocycles. The number of hydrogen-bond acceptors (Lipinski definition) is 3. The van der Waals surface area contributed by atoms with Crippen LogP contribution >= 0.6 is 0 Å². The number of hydrogen-bond donors (Lipinski definition) is 0. The third-order valence-electron chi connectivity index (χ3n) is 0. The van der Waals surface area contributed by atoms with E-state index in [1.165, 1.54) is 0 Å². The third-order valence-corrected chi connectivity index (χ3v) is 0. The van der Waals surface area contributed by atoms with Crippen molar-refractivity contribution in [3.63, 3.8) is 0 Å². The first-order valence-corrected chi connectivity index (χ1v) is 0.908. The van der Waals surface area contributed by atoms with Gasteiger partial charge in [-0.15, -0.1) is 0 Å². The van der Waals surface area contributed by atoms with Gasteiger partial charge in [0.25, 0.3) is 0 Å². The molecule has 8 heavy (non-hydrogen) atoms. The second kappa shape index (κ2) is 25.6. The molecule has 6 heteroatoms. The summed E-state index contributed by atoms with van der Waals surface area (Å²) in [7, 11) is 0. The molecular formula is C2H6Li2O4. The van der Waals surface area contributed by atoms with Crippen LogP contribution in [0, 0.1) is 0 Å². The van der Waals surface area contributed by atoms with Gasteiger partial charge in [-0.1, -0.05) is 0 Å². The number of rotatable bonds is 0. The van der Waals surface area contributed by atoms with Gasteiger partial charge in [0.05, 0.1) is 0 Å². The smallest absolute Gasteiger partial charge is 0.870 e. The summed E-state index contributed by atoms with van der Waals surface area (Å²) in [6.07, 6.45) is 0. The van der Waals surface area contributed by atoms with Crippen LogP contribution in [0.25, 0.3) is 0 Å². The van der Waals surface area contributed by atoms with Crippen LogP contribution in [-0.4, -0.2) is 16.9 Å². The zero-order chi connectivity index (χ0) is 3.58. The van der Waals surface area contributed by atoms with Gasteiger partial charge in [0, 0.05) is 5.97 Å². The quantitative estimate of drug-likeness (QED) is 0.288. The van der Waals surface area contributed by atoms with Gasteiger partial charge in [-0.2, -0.15) is 0 Å². The molecule has 0 atom stereocenters. The van der Waals surface area contributed by atoms with Crippen molar-refractivity contribution in [2.45, 2.75) is 6.92 Å². The van der Waals surface area contributed by atoms with Gasteiger partial charge in [0.1, 0.15) is 0 Å². The van der Waals surface area contributed by atoms with Crippen LogP contribution in [0.3, 0.4) is 0 Å². The number of carboxylic acid groups (broad SMARTS) is 1. The minimum atomic E-state index is -1.08. The van der Waals surface area contributed by atoms with Gasteiger partial charge in [0.15, 0.2) is 0 Å². The molecule has 0 amide bonds. The van der Waals surface area contributed by atoms with E-state index >= 15 is 0 Å². The van der Waals surface area contributed by atoms with Crippen LogP contribution in [0.2, 0.25) is 0 Å². The average molecular weight is 108 g/mol. The maximum Gasteiger partial charge on any atom is 1.00 e. The van der Waals surface area contributed by atoms with E-state index in [1.807, 2.05) is 0 Å². The summed E-state index contributed by atoms with van der Waals surface area (Å²) in [5.41, 5.74) is 0. The molecule has 0 bridgehead atoms. The molecule has 0 unspecified atom stereocenters. The van der Waals surface area contributed by atoms with Crippen molar-refractivity contribution in [3.05, 3.63) is 0 Å². The summed E-state index contributed by atoms with van der Waals surface area (Å²) in [5.74, 6) is -1.08. The number of carboxylic acids is 1. The molecule has 0 radical (unpaired) electrons. The molecule has 0 aromatic heterocycles. The Morgan fingerprint density at radius 2 is 1.38 bits per heavy atom. The van der Waals surface area contributed by atoms with E-state index in [9.17, 15) is 0 Å². The summed E-state index contributed by atoms with van der Waals surface area (Å²) in [6.45, 7) is 0.972. The predicted molar refractivity (Wildman–Crippen MR) is 16.2 cm³/mol. The minimum Gasteiger partial charge on any atom is -0.870 e. The molecule has 0 spiro atoms. The fraction of sp³-hybridized carbons (Fsp3) is 0.500. The number of carbonyl (C=O) groups is 1. The second-order valence-electron chi connectivity index (χ2n) is 0.492. The maximum atomic E-state index is 8.89. The molecule has 0 aliphatic rings. The molecule has 4 nitrogen and oxygen atoms in total. The Kier molecular flexibility index (Phi) is 123. The molecule has 3 N–H and O–H groups in total. The molecule has 0 saturated heterocycles. The zero-order valence-electron chi connectivity index (χ0n) is 5.26. The first-order chi connectivity index (χ1) is 1.73. The summed E-state index contributed by atoms with van der Waals surface area (Å²) >= 11 is 0. The molecule has 0 heterocycles. The van der Waals surface area contributed by atoms with E-state index in [1.54, 1.807) is 0 Å². The van der Waals surface area contributed by atoms with Crippen LogP contribution in [0.15, 0.2) is 0 Å². The van der Waals surface area contributed by atoms with E-state index in [2.05, 4.69) is 0 Å². The van der Waals surface area contributed by atoms with Crippen molar-refractivity contribution in [1.82, 2.24) is 0 Å². The molecule has 0 aliphatic carbocycles. The fourth-order valence-electron chi connectivity index (χ4n) is 0. The molecule has 0 saturated carbocycles. The van der Waals surface area contributed by atoms with Gasteiger partial charge in [0.2, 0.25) is 0 Å². The topological polar surface area (TPSA) is 102 Å². The summed E-state index contributed by atoms with van der Waals surface area (Å²) < 4.78 is 0. The maximum absolute atomic E-state index is 8.89. The first-order valence-electron chi connectivity index (χ1n) is 0.908. The molecule has 40 valence electrons. The minimum absolute atomic E-state index is 0. The van der Waals surface area contributed by atoms with Crippen molar-refractivity contribution in [1.29, 1.82) is 0 Å². The van der Waals surface area contributed by atoms with Crippen LogP contribution in [0.1, 0.15) is 6.92 Å². The fourth-order valence-corrected chi connectivity index (χ4v) is 0. The first kappa shape index (κ1) is 38.4. The molecular weight excluding hydrogens is 102 g/mol. The van der Waals surface area contributed by atoms with Crippen molar-refractivity contribution in [2.24, 2.45) is 0 Å². The van der Waals surface area contributed by atoms with E-state index in [4.69, 9.17) is 9.90 Å². The van der Waals surface area contributed by atoms with E-state index in [0.717, 1.165) is 6.92 Å². The monoisotopic (exact) mass is 108 g/mol. The van der Waals surface area contributed by atoms with Crippen molar-refractivity contribution in [3.8, 4) is 0 Å². The Balaban J connectivity index is -0.00000000750. The van der Waals surface area contributed by atoms with Crippen LogP contribution < -0.4 is 42.8 Å². The van der Waals surface area contributed by atoms with Gasteiger partial charge in [-0.05, 0) is 6.92 Å². The van der Waals surface area contributed by atoms with Crippen LogP contribution in [0.4, 0.5) is 0 Å². The van der Waals surface area contributed by atoms with Crippen molar-refractivity contribution >= 4 is 5.97 Å². The largest absolute Gasteiger partial charge is 1.00 e. The van der Waals surface area contributed by atoms with Crippen molar-refractivity contribution in [2.75, 3.05) is 0 Å². The standard InChI is InChI=1S/C2H4O2.2Li.2H2O/c1-2(3)4;;;;/h1H3,(H,3,4);;;2*1H2/q;2*+1;;/p-2. The SMILES string of the molecule is CC(=O)[O-].O.[Li+].[Li+].[OH-]. The Morgan fingerprint density at radius 3 is 1.38 bits per heavy atom. The van der Waals surface area contributed by atoms with Crippen LogP contribution in [-0.2, 0) is 4.79 Å². The summed E-state index contributed by atoms with van der Waals surface area (Å²) in [5, 5.41) is 8.89. The van der Waals surface area contributed by atoms with Gasteiger partial charge >= 0.3 is 37.7 Å². The molecule has 0 fully saturated rings.